The van der Waals surface area contributed by atoms with Crippen molar-refractivity contribution in [3.63, 3.8) is 0 Å². The minimum atomic E-state index is -1.05. The second-order valence-electron chi connectivity index (χ2n) is 7.63. The average molecular weight is 442 g/mol. The predicted octanol–water partition coefficient (Wildman–Crippen LogP) is 4.23. The molecule has 0 radical (unpaired) electrons. The molecule has 0 aliphatic carbocycles. The number of esters is 1. The zero-order chi connectivity index (χ0) is 23.5. The second-order valence-corrected chi connectivity index (χ2v) is 7.63. The van der Waals surface area contributed by atoms with Crippen molar-refractivity contribution in [3.05, 3.63) is 95.1 Å². The van der Waals surface area contributed by atoms with E-state index in [-0.39, 0.29) is 11.3 Å². The fourth-order valence-electron chi connectivity index (χ4n) is 3.55. The molecule has 0 fully saturated rings. The minimum absolute atomic E-state index is 0.121. The van der Waals surface area contributed by atoms with Gasteiger partial charge in [0.1, 0.15) is 0 Å². The van der Waals surface area contributed by atoms with Crippen LogP contribution in [0.2, 0.25) is 0 Å². The van der Waals surface area contributed by atoms with E-state index < -0.39 is 29.8 Å². The summed E-state index contributed by atoms with van der Waals surface area (Å²) in [6.07, 6.45) is -0.159. The molecule has 4 rings (SSSR count). The van der Waals surface area contributed by atoms with Gasteiger partial charge in [0.2, 0.25) is 0 Å². The van der Waals surface area contributed by atoms with Crippen molar-refractivity contribution in [2.24, 2.45) is 0 Å². The molecule has 1 heterocycles. The number of hydrogen-bond acceptors (Lipinski definition) is 5. The zero-order valence-electron chi connectivity index (χ0n) is 18.2. The lowest BCUT2D eigenvalue weighted by molar-refractivity contribution is -0.123. The SMILES string of the molecule is CCc1ccc(NC(=O)C(C)OC(=O)c2cccc(N3C(=O)c4ccccc4C3=O)c2)cc1. The summed E-state index contributed by atoms with van der Waals surface area (Å²) in [6, 6.07) is 20.0. The van der Waals surface area contributed by atoms with Gasteiger partial charge in [-0.05, 0) is 61.4 Å². The second kappa shape index (κ2) is 9.08. The van der Waals surface area contributed by atoms with Gasteiger partial charge in [-0.15, -0.1) is 0 Å². The van der Waals surface area contributed by atoms with E-state index in [0.29, 0.717) is 16.8 Å². The number of nitrogens with one attached hydrogen (secondary N) is 1. The first kappa shape index (κ1) is 22.0. The maximum atomic E-state index is 12.7. The Morgan fingerprint density at radius 1 is 0.909 bits per heavy atom. The Morgan fingerprint density at radius 3 is 2.15 bits per heavy atom. The van der Waals surface area contributed by atoms with Gasteiger partial charge in [-0.1, -0.05) is 37.3 Å². The number of aryl methyl sites for hydroxylation is 1. The van der Waals surface area contributed by atoms with Crippen LogP contribution in [0.5, 0.6) is 0 Å². The van der Waals surface area contributed by atoms with Crippen molar-refractivity contribution >= 4 is 35.1 Å². The van der Waals surface area contributed by atoms with Crippen LogP contribution in [0.4, 0.5) is 11.4 Å². The molecule has 1 unspecified atom stereocenters. The highest BCUT2D eigenvalue weighted by atomic mass is 16.5. The number of imide groups is 1. The van der Waals surface area contributed by atoms with Gasteiger partial charge >= 0.3 is 5.97 Å². The maximum Gasteiger partial charge on any atom is 0.338 e. The highest BCUT2D eigenvalue weighted by Crippen LogP contribution is 2.29. The number of anilines is 2. The number of carbonyl (C=O) groups excluding carboxylic acids is 4. The Labute approximate surface area is 191 Å². The van der Waals surface area contributed by atoms with Gasteiger partial charge in [0, 0.05) is 5.69 Å². The molecule has 1 N–H and O–H groups in total. The molecule has 1 aliphatic rings. The van der Waals surface area contributed by atoms with E-state index in [0.717, 1.165) is 16.9 Å². The molecule has 3 aromatic carbocycles. The quantitative estimate of drug-likeness (QED) is 0.455. The summed E-state index contributed by atoms with van der Waals surface area (Å²) < 4.78 is 5.31. The summed E-state index contributed by atoms with van der Waals surface area (Å²) in [6.45, 7) is 3.51. The predicted molar refractivity (Wildman–Crippen MR) is 123 cm³/mol. The summed E-state index contributed by atoms with van der Waals surface area (Å²) >= 11 is 0. The van der Waals surface area contributed by atoms with E-state index in [1.807, 2.05) is 19.1 Å². The van der Waals surface area contributed by atoms with Gasteiger partial charge in [-0.25, -0.2) is 9.69 Å². The first-order valence-electron chi connectivity index (χ1n) is 10.6. The van der Waals surface area contributed by atoms with Crippen LogP contribution in [0.25, 0.3) is 0 Å². The Kier molecular flexibility index (Phi) is 6.04. The lowest BCUT2D eigenvalue weighted by atomic mass is 10.1. The van der Waals surface area contributed by atoms with Crippen LogP contribution in [0, 0.1) is 0 Å². The molecule has 7 nitrogen and oxygen atoms in total. The van der Waals surface area contributed by atoms with Crippen molar-refractivity contribution in [3.8, 4) is 0 Å². The average Bonchev–Trinajstić information content (AvgIpc) is 3.09. The molecule has 33 heavy (non-hydrogen) atoms. The molecule has 3 amide bonds. The van der Waals surface area contributed by atoms with Gasteiger partial charge in [0.15, 0.2) is 6.10 Å². The largest absolute Gasteiger partial charge is 0.449 e. The van der Waals surface area contributed by atoms with Crippen LogP contribution < -0.4 is 10.2 Å². The van der Waals surface area contributed by atoms with Crippen LogP contribution in [0.1, 0.15) is 50.5 Å². The van der Waals surface area contributed by atoms with Crippen molar-refractivity contribution in [1.82, 2.24) is 0 Å². The normalized spacial score (nSPS) is 13.5. The number of carbonyl (C=O) groups is 4. The monoisotopic (exact) mass is 442 g/mol. The molecule has 7 heteroatoms. The lowest BCUT2D eigenvalue weighted by Gasteiger charge is -2.16. The summed E-state index contributed by atoms with van der Waals surface area (Å²) in [5.74, 6) is -2.12. The Bertz CT molecular complexity index is 1210. The number of hydrogen-bond donors (Lipinski definition) is 1. The number of rotatable bonds is 6. The first-order chi connectivity index (χ1) is 15.9. The summed E-state index contributed by atoms with van der Waals surface area (Å²) in [5.41, 5.74) is 2.75. The fourth-order valence-corrected chi connectivity index (χ4v) is 3.55. The van der Waals surface area contributed by atoms with Crippen molar-refractivity contribution in [2.45, 2.75) is 26.4 Å². The molecule has 166 valence electrons. The first-order valence-corrected chi connectivity index (χ1v) is 10.6. The third kappa shape index (κ3) is 4.39. The summed E-state index contributed by atoms with van der Waals surface area (Å²) in [4.78, 5) is 51.5. The van der Waals surface area contributed by atoms with Crippen LogP contribution in [0.3, 0.4) is 0 Å². The van der Waals surface area contributed by atoms with E-state index in [9.17, 15) is 19.2 Å². The van der Waals surface area contributed by atoms with Gasteiger partial charge in [-0.2, -0.15) is 0 Å². The third-order valence-electron chi connectivity index (χ3n) is 5.42. The molecule has 0 bridgehead atoms. The summed E-state index contributed by atoms with van der Waals surface area (Å²) in [7, 11) is 0. The number of benzene rings is 3. The molecule has 0 saturated heterocycles. The highest BCUT2D eigenvalue weighted by molar-refractivity contribution is 6.34. The molecule has 1 atom stereocenters. The molecular weight excluding hydrogens is 420 g/mol. The number of fused-ring (bicyclic) bond motifs is 1. The van der Waals surface area contributed by atoms with E-state index in [1.165, 1.54) is 19.1 Å². The van der Waals surface area contributed by atoms with Gasteiger partial charge < -0.3 is 10.1 Å². The molecule has 0 spiro atoms. The maximum absolute atomic E-state index is 12.7. The van der Waals surface area contributed by atoms with E-state index >= 15 is 0 Å². The fraction of sp³-hybridized carbons (Fsp3) is 0.154. The molecule has 3 aromatic rings. The van der Waals surface area contributed by atoms with E-state index in [4.69, 9.17) is 4.74 Å². The molecule has 0 aromatic heterocycles. The van der Waals surface area contributed by atoms with E-state index in [2.05, 4.69) is 5.32 Å². The number of nitrogens with zero attached hydrogens (tertiary/aromatic N) is 1. The minimum Gasteiger partial charge on any atom is -0.449 e. The topological polar surface area (TPSA) is 92.8 Å². The van der Waals surface area contributed by atoms with Crippen LogP contribution >= 0.6 is 0 Å². The molecule has 1 aliphatic heterocycles. The zero-order valence-corrected chi connectivity index (χ0v) is 18.2. The Morgan fingerprint density at radius 2 is 1.55 bits per heavy atom. The van der Waals surface area contributed by atoms with Crippen molar-refractivity contribution < 1.29 is 23.9 Å². The number of ether oxygens (including phenoxy) is 1. The summed E-state index contributed by atoms with van der Waals surface area (Å²) in [5, 5.41) is 2.71. The Hall–Kier alpha value is -4.26. The van der Waals surface area contributed by atoms with Crippen LogP contribution in [-0.2, 0) is 16.0 Å². The molecule has 0 saturated carbocycles. The standard InChI is InChI=1S/C26H22N2O5/c1-3-17-11-13-19(14-12-17)27-23(29)16(2)33-26(32)18-7-6-8-20(15-18)28-24(30)21-9-4-5-10-22(21)25(28)31/h4-16H,3H2,1-2H3,(H,27,29). The van der Waals surface area contributed by atoms with Gasteiger partial charge in [0.05, 0.1) is 22.4 Å². The Balaban J connectivity index is 1.45. The van der Waals surface area contributed by atoms with Gasteiger partial charge in [-0.3, -0.25) is 14.4 Å². The smallest absolute Gasteiger partial charge is 0.338 e. The highest BCUT2D eigenvalue weighted by Gasteiger charge is 2.36. The van der Waals surface area contributed by atoms with Crippen molar-refractivity contribution in [1.29, 1.82) is 0 Å². The van der Waals surface area contributed by atoms with Crippen molar-refractivity contribution in [2.75, 3.05) is 10.2 Å². The van der Waals surface area contributed by atoms with Crippen LogP contribution in [-0.4, -0.2) is 29.8 Å². The lowest BCUT2D eigenvalue weighted by Crippen LogP contribution is -2.31. The van der Waals surface area contributed by atoms with E-state index in [1.54, 1.807) is 48.5 Å². The number of amides is 3. The third-order valence-corrected chi connectivity index (χ3v) is 5.42. The molecular formula is C26H22N2O5. The van der Waals surface area contributed by atoms with Crippen LogP contribution in [0.15, 0.2) is 72.8 Å². The van der Waals surface area contributed by atoms with Gasteiger partial charge in [0.25, 0.3) is 17.7 Å².